The van der Waals surface area contributed by atoms with Crippen molar-refractivity contribution in [3.8, 4) is 0 Å². The van der Waals surface area contributed by atoms with Crippen LogP contribution in [0.5, 0.6) is 0 Å². The maximum absolute atomic E-state index is 12.2. The van der Waals surface area contributed by atoms with Crippen molar-refractivity contribution in [3.05, 3.63) is 0 Å². The molecule has 3 nitrogen and oxygen atoms in total. The van der Waals surface area contributed by atoms with E-state index in [0.717, 1.165) is 5.71 Å². The van der Waals surface area contributed by atoms with Gasteiger partial charge in [0.2, 0.25) is 0 Å². The second kappa shape index (κ2) is 4.71. The van der Waals surface area contributed by atoms with Crippen molar-refractivity contribution in [2.45, 2.75) is 63.2 Å². The van der Waals surface area contributed by atoms with Crippen molar-refractivity contribution in [1.29, 1.82) is 0 Å². The Labute approximate surface area is 112 Å². The molecule has 1 atom stereocenters. The summed E-state index contributed by atoms with van der Waals surface area (Å²) in [5.41, 5.74) is 0.837. The van der Waals surface area contributed by atoms with Gasteiger partial charge >= 0.3 is 0 Å². The van der Waals surface area contributed by atoms with Gasteiger partial charge in [0.15, 0.2) is 0 Å². The van der Waals surface area contributed by atoms with Gasteiger partial charge in [0, 0.05) is 5.92 Å². The molecule has 0 aromatic heterocycles. The lowest BCUT2D eigenvalue weighted by atomic mass is 9.85. The van der Waals surface area contributed by atoms with E-state index in [4.69, 9.17) is 0 Å². The first-order chi connectivity index (χ1) is 7.91. The van der Waals surface area contributed by atoms with Crippen molar-refractivity contribution in [2.75, 3.05) is 0 Å². The molecule has 1 amide bonds. The maximum Gasteiger partial charge on any atom is 0.262 e. The molecule has 1 saturated carbocycles. The standard InChI is InChI=1S/C13H21BrN2O/c1-13(2,3)16-12(17)10(14)11(15-16)9-7-5-4-6-8-9/h9-10H,4-8H2,1-3H3. The van der Waals surface area contributed by atoms with Crippen molar-refractivity contribution in [1.82, 2.24) is 5.01 Å². The van der Waals surface area contributed by atoms with Crippen LogP contribution in [0.15, 0.2) is 5.10 Å². The maximum atomic E-state index is 12.2. The van der Waals surface area contributed by atoms with E-state index < -0.39 is 0 Å². The lowest BCUT2D eigenvalue weighted by Gasteiger charge is -2.28. The highest BCUT2D eigenvalue weighted by Crippen LogP contribution is 2.33. The Morgan fingerprint density at radius 2 is 1.82 bits per heavy atom. The first-order valence-electron chi connectivity index (χ1n) is 6.48. The average molecular weight is 301 g/mol. The lowest BCUT2D eigenvalue weighted by Crippen LogP contribution is -2.41. The fourth-order valence-electron chi connectivity index (χ4n) is 2.62. The Morgan fingerprint density at radius 3 is 2.29 bits per heavy atom. The number of hydrogen-bond donors (Lipinski definition) is 0. The van der Waals surface area contributed by atoms with Crippen molar-refractivity contribution >= 4 is 27.5 Å². The van der Waals surface area contributed by atoms with Gasteiger partial charge in [-0.25, -0.2) is 5.01 Å². The SMILES string of the molecule is CC(C)(C)N1N=C(C2CCCCC2)C(Br)C1=O. The molecule has 2 aliphatic rings. The van der Waals surface area contributed by atoms with Gasteiger partial charge in [-0.15, -0.1) is 0 Å². The molecule has 4 heteroatoms. The van der Waals surface area contributed by atoms with Gasteiger partial charge in [-0.3, -0.25) is 4.79 Å². The minimum Gasteiger partial charge on any atom is -0.271 e. The van der Waals surface area contributed by atoms with E-state index in [1.807, 2.05) is 20.8 Å². The van der Waals surface area contributed by atoms with Gasteiger partial charge in [0.1, 0.15) is 4.83 Å². The zero-order valence-electron chi connectivity index (χ0n) is 10.9. The Bertz CT molecular complexity index is 340. The molecule has 0 N–H and O–H groups in total. The molecule has 0 bridgehead atoms. The largest absolute Gasteiger partial charge is 0.271 e. The second-order valence-corrected chi connectivity index (χ2v) is 6.96. The van der Waals surface area contributed by atoms with E-state index in [9.17, 15) is 4.79 Å². The Morgan fingerprint density at radius 1 is 1.24 bits per heavy atom. The van der Waals surface area contributed by atoms with Crippen LogP contribution in [0.1, 0.15) is 52.9 Å². The molecule has 0 aromatic carbocycles. The number of amides is 1. The van der Waals surface area contributed by atoms with E-state index in [2.05, 4.69) is 21.0 Å². The molecule has 17 heavy (non-hydrogen) atoms. The molecule has 1 heterocycles. The summed E-state index contributed by atoms with van der Waals surface area (Å²) in [6.45, 7) is 6.08. The summed E-state index contributed by atoms with van der Waals surface area (Å²) in [4.78, 5) is 12.0. The van der Waals surface area contributed by atoms with Gasteiger partial charge in [-0.2, -0.15) is 5.10 Å². The molecular formula is C13H21BrN2O. The van der Waals surface area contributed by atoms with Crippen LogP contribution >= 0.6 is 15.9 Å². The number of carbonyl (C=O) groups is 1. The quantitative estimate of drug-likeness (QED) is 0.684. The molecule has 96 valence electrons. The number of hydrazone groups is 1. The zero-order chi connectivity index (χ0) is 12.6. The third-order valence-electron chi connectivity index (χ3n) is 3.56. The monoisotopic (exact) mass is 300 g/mol. The van der Waals surface area contributed by atoms with Gasteiger partial charge < -0.3 is 0 Å². The number of halogens is 1. The summed E-state index contributed by atoms with van der Waals surface area (Å²) < 4.78 is 0. The summed E-state index contributed by atoms with van der Waals surface area (Å²) in [5.74, 6) is 0.600. The number of hydrogen-bond acceptors (Lipinski definition) is 2. The van der Waals surface area contributed by atoms with Crippen molar-refractivity contribution in [2.24, 2.45) is 11.0 Å². The molecule has 0 saturated heterocycles. The van der Waals surface area contributed by atoms with Gasteiger partial charge in [-0.05, 0) is 33.6 Å². The van der Waals surface area contributed by atoms with Gasteiger partial charge in [-0.1, -0.05) is 35.2 Å². The summed E-state index contributed by atoms with van der Waals surface area (Å²) in [7, 11) is 0. The molecule has 1 fully saturated rings. The molecule has 2 rings (SSSR count). The number of rotatable bonds is 1. The van der Waals surface area contributed by atoms with E-state index in [0.29, 0.717) is 5.92 Å². The van der Waals surface area contributed by atoms with Gasteiger partial charge in [0.25, 0.3) is 5.91 Å². The van der Waals surface area contributed by atoms with Crippen LogP contribution in [-0.2, 0) is 4.79 Å². The Kier molecular flexibility index (Phi) is 3.62. The molecule has 1 unspecified atom stereocenters. The molecule has 1 aliphatic carbocycles. The number of carbonyl (C=O) groups excluding carboxylic acids is 1. The predicted molar refractivity (Wildman–Crippen MR) is 73.3 cm³/mol. The molecule has 0 spiro atoms. The minimum absolute atomic E-state index is 0.0954. The smallest absolute Gasteiger partial charge is 0.262 e. The normalized spacial score (nSPS) is 27.5. The van der Waals surface area contributed by atoms with Crippen LogP contribution in [0.3, 0.4) is 0 Å². The first-order valence-corrected chi connectivity index (χ1v) is 7.39. The fraction of sp³-hybridized carbons (Fsp3) is 0.846. The second-order valence-electron chi connectivity index (χ2n) is 6.04. The fourth-order valence-corrected chi connectivity index (χ4v) is 3.28. The molecular weight excluding hydrogens is 280 g/mol. The molecule has 0 radical (unpaired) electrons. The minimum atomic E-state index is -0.223. The lowest BCUT2D eigenvalue weighted by molar-refractivity contribution is -0.132. The molecule has 0 aromatic rings. The average Bonchev–Trinajstić information content (AvgIpc) is 2.57. The summed E-state index contributed by atoms with van der Waals surface area (Å²) in [5, 5.41) is 6.25. The van der Waals surface area contributed by atoms with Crippen molar-refractivity contribution < 1.29 is 4.79 Å². The van der Waals surface area contributed by atoms with Crippen LogP contribution in [0.2, 0.25) is 0 Å². The summed E-state index contributed by atoms with van der Waals surface area (Å²) in [6, 6.07) is 0. The topological polar surface area (TPSA) is 32.7 Å². The van der Waals surface area contributed by atoms with E-state index in [1.54, 1.807) is 5.01 Å². The van der Waals surface area contributed by atoms with Crippen LogP contribution in [-0.4, -0.2) is 27.0 Å². The Hall–Kier alpha value is -0.380. The highest BCUT2D eigenvalue weighted by molar-refractivity contribution is 9.10. The third kappa shape index (κ3) is 2.56. The first kappa shape index (κ1) is 13.1. The predicted octanol–water partition coefficient (Wildman–Crippen LogP) is 3.33. The van der Waals surface area contributed by atoms with E-state index in [1.165, 1.54) is 32.1 Å². The zero-order valence-corrected chi connectivity index (χ0v) is 12.5. The number of alkyl halides is 1. The summed E-state index contributed by atoms with van der Waals surface area (Å²) >= 11 is 3.52. The Balaban J connectivity index is 2.19. The van der Waals surface area contributed by atoms with Crippen LogP contribution in [0.4, 0.5) is 0 Å². The van der Waals surface area contributed by atoms with Crippen LogP contribution < -0.4 is 0 Å². The van der Waals surface area contributed by atoms with E-state index >= 15 is 0 Å². The molecule has 1 aliphatic heterocycles. The van der Waals surface area contributed by atoms with Crippen molar-refractivity contribution in [3.63, 3.8) is 0 Å². The number of nitrogens with zero attached hydrogens (tertiary/aromatic N) is 2. The highest BCUT2D eigenvalue weighted by Gasteiger charge is 2.42. The van der Waals surface area contributed by atoms with E-state index in [-0.39, 0.29) is 16.3 Å². The third-order valence-corrected chi connectivity index (χ3v) is 4.42. The summed E-state index contributed by atoms with van der Waals surface area (Å²) in [6.07, 6.45) is 6.24. The van der Waals surface area contributed by atoms with Gasteiger partial charge in [0.05, 0.1) is 11.3 Å². The highest BCUT2D eigenvalue weighted by atomic mass is 79.9. The van der Waals surface area contributed by atoms with Crippen LogP contribution in [0, 0.1) is 5.92 Å². The van der Waals surface area contributed by atoms with Crippen LogP contribution in [0.25, 0.3) is 0 Å².